The van der Waals surface area contributed by atoms with Gasteiger partial charge in [-0.25, -0.2) is 4.98 Å². The number of pyridine rings is 1. The van der Waals surface area contributed by atoms with Crippen LogP contribution in [0.5, 0.6) is 0 Å². The van der Waals surface area contributed by atoms with Crippen molar-refractivity contribution in [1.82, 2.24) is 9.88 Å². The Morgan fingerprint density at radius 3 is 2.70 bits per heavy atom. The Hall–Kier alpha value is -1.88. The van der Waals surface area contributed by atoms with E-state index in [9.17, 15) is 4.79 Å². The van der Waals surface area contributed by atoms with Gasteiger partial charge in [0.1, 0.15) is 5.82 Å². The van der Waals surface area contributed by atoms with Gasteiger partial charge in [0.25, 0.3) is 5.91 Å². The van der Waals surface area contributed by atoms with E-state index in [0.29, 0.717) is 5.56 Å². The molecule has 0 saturated heterocycles. The average molecular weight is 376 g/mol. The molecule has 5 heteroatoms. The first-order valence-corrected chi connectivity index (χ1v) is 8.55. The van der Waals surface area contributed by atoms with Crippen LogP contribution in [0.15, 0.2) is 41.0 Å². The molecule has 0 fully saturated rings. The van der Waals surface area contributed by atoms with Crippen LogP contribution in [0.1, 0.15) is 35.7 Å². The summed E-state index contributed by atoms with van der Waals surface area (Å²) in [7, 11) is 1.83. The third-order valence-electron chi connectivity index (χ3n) is 3.63. The van der Waals surface area contributed by atoms with Crippen molar-refractivity contribution in [2.75, 3.05) is 18.9 Å². The summed E-state index contributed by atoms with van der Waals surface area (Å²) in [5.74, 6) is 0.733. The first-order chi connectivity index (χ1) is 11.0. The Morgan fingerprint density at radius 2 is 2.09 bits per heavy atom. The number of nitrogens with zero attached hydrogens (tertiary/aromatic N) is 2. The van der Waals surface area contributed by atoms with Crippen molar-refractivity contribution in [1.29, 1.82) is 0 Å². The fourth-order valence-electron chi connectivity index (χ4n) is 2.18. The molecule has 1 N–H and O–H groups in total. The van der Waals surface area contributed by atoms with E-state index in [1.165, 1.54) is 0 Å². The van der Waals surface area contributed by atoms with Crippen molar-refractivity contribution >= 4 is 33.3 Å². The van der Waals surface area contributed by atoms with Crippen molar-refractivity contribution in [2.45, 2.75) is 26.7 Å². The summed E-state index contributed by atoms with van der Waals surface area (Å²) in [6.07, 6.45) is 3.71. The number of unbranched alkanes of at least 4 members (excludes halogenated alkanes) is 1. The van der Waals surface area contributed by atoms with Crippen LogP contribution in [0.3, 0.4) is 0 Å². The Bertz CT molecular complexity index is 670. The lowest BCUT2D eigenvalue weighted by Crippen LogP contribution is -2.27. The highest BCUT2D eigenvalue weighted by Crippen LogP contribution is 2.22. The summed E-state index contributed by atoms with van der Waals surface area (Å²) in [6.45, 7) is 4.92. The van der Waals surface area contributed by atoms with Crippen LogP contribution in [0, 0.1) is 6.92 Å². The van der Waals surface area contributed by atoms with Crippen molar-refractivity contribution in [3.63, 3.8) is 0 Å². The van der Waals surface area contributed by atoms with E-state index in [1.54, 1.807) is 11.1 Å². The molecule has 122 valence electrons. The lowest BCUT2D eigenvalue weighted by molar-refractivity contribution is 0.0793. The number of hydrogen-bond acceptors (Lipinski definition) is 3. The predicted molar refractivity (Wildman–Crippen MR) is 98.3 cm³/mol. The maximum atomic E-state index is 12.3. The molecule has 1 amide bonds. The molecule has 0 unspecified atom stereocenters. The quantitative estimate of drug-likeness (QED) is 0.790. The first kappa shape index (κ1) is 17.5. The van der Waals surface area contributed by atoms with Gasteiger partial charge in [0.2, 0.25) is 0 Å². The summed E-state index contributed by atoms with van der Waals surface area (Å²) >= 11 is 3.49. The minimum absolute atomic E-state index is 0.0111. The minimum atomic E-state index is 0.0111. The van der Waals surface area contributed by atoms with E-state index >= 15 is 0 Å². The number of hydrogen-bond donors (Lipinski definition) is 1. The number of anilines is 2. The van der Waals surface area contributed by atoms with E-state index in [2.05, 4.69) is 33.2 Å². The molecule has 1 aromatic carbocycles. The van der Waals surface area contributed by atoms with Crippen molar-refractivity contribution in [3.05, 3.63) is 52.1 Å². The number of benzene rings is 1. The normalized spacial score (nSPS) is 10.4. The number of rotatable bonds is 6. The molecule has 0 radical (unpaired) electrons. The smallest absolute Gasteiger partial charge is 0.255 e. The molecular formula is C18H22BrN3O. The maximum Gasteiger partial charge on any atom is 0.255 e. The van der Waals surface area contributed by atoms with Gasteiger partial charge in [-0.3, -0.25) is 4.79 Å². The number of aryl methyl sites for hydroxylation is 1. The number of carbonyl (C=O) groups is 1. The summed E-state index contributed by atoms with van der Waals surface area (Å²) in [5, 5.41) is 3.24. The lowest BCUT2D eigenvalue weighted by Gasteiger charge is -2.16. The molecule has 2 rings (SSSR count). The van der Waals surface area contributed by atoms with Crippen LogP contribution in [0.4, 0.5) is 11.5 Å². The number of amides is 1. The molecule has 0 spiro atoms. The van der Waals surface area contributed by atoms with Crippen LogP contribution in [0.2, 0.25) is 0 Å². The number of halogens is 1. The van der Waals surface area contributed by atoms with E-state index in [-0.39, 0.29) is 5.91 Å². The van der Waals surface area contributed by atoms with Gasteiger partial charge in [-0.1, -0.05) is 29.3 Å². The van der Waals surface area contributed by atoms with Crippen molar-refractivity contribution in [3.8, 4) is 0 Å². The first-order valence-electron chi connectivity index (χ1n) is 7.76. The number of nitrogens with one attached hydrogen (secondary N) is 1. The van der Waals surface area contributed by atoms with Crippen LogP contribution in [-0.2, 0) is 0 Å². The molecule has 23 heavy (non-hydrogen) atoms. The zero-order valence-corrected chi connectivity index (χ0v) is 15.4. The topological polar surface area (TPSA) is 45.2 Å². The highest BCUT2D eigenvalue weighted by Gasteiger charge is 2.11. The van der Waals surface area contributed by atoms with Gasteiger partial charge in [0.15, 0.2) is 0 Å². The molecule has 4 nitrogen and oxygen atoms in total. The van der Waals surface area contributed by atoms with Crippen LogP contribution >= 0.6 is 15.9 Å². The Labute approximate surface area is 146 Å². The van der Waals surface area contributed by atoms with Gasteiger partial charge in [-0.2, -0.15) is 0 Å². The predicted octanol–water partition coefficient (Wildman–Crippen LogP) is 4.77. The van der Waals surface area contributed by atoms with Crippen LogP contribution < -0.4 is 5.32 Å². The zero-order valence-electron chi connectivity index (χ0n) is 13.8. The minimum Gasteiger partial charge on any atom is -0.342 e. The second-order valence-electron chi connectivity index (χ2n) is 5.60. The van der Waals surface area contributed by atoms with Crippen molar-refractivity contribution < 1.29 is 4.79 Å². The van der Waals surface area contributed by atoms with Gasteiger partial charge in [0.05, 0.1) is 5.56 Å². The third-order valence-corrected chi connectivity index (χ3v) is 4.52. The second-order valence-corrected chi connectivity index (χ2v) is 6.46. The fourth-order valence-corrected chi connectivity index (χ4v) is 2.43. The molecule has 0 aliphatic heterocycles. The molecule has 0 bridgehead atoms. The third kappa shape index (κ3) is 4.79. The largest absolute Gasteiger partial charge is 0.342 e. The molecule has 0 saturated carbocycles. The maximum absolute atomic E-state index is 12.3. The molecule has 2 aromatic rings. The van der Waals surface area contributed by atoms with Crippen molar-refractivity contribution in [2.24, 2.45) is 0 Å². The summed E-state index contributed by atoms with van der Waals surface area (Å²) in [5.41, 5.74) is 2.73. The number of aromatic nitrogens is 1. The summed E-state index contributed by atoms with van der Waals surface area (Å²) in [6, 6.07) is 9.67. The van der Waals surface area contributed by atoms with Gasteiger partial charge in [0, 0.05) is 29.9 Å². The van der Waals surface area contributed by atoms with Gasteiger partial charge in [-0.05, 0) is 49.2 Å². The van der Waals surface area contributed by atoms with E-state index < -0.39 is 0 Å². The van der Waals surface area contributed by atoms with Gasteiger partial charge < -0.3 is 10.2 Å². The van der Waals surface area contributed by atoms with Crippen LogP contribution in [0.25, 0.3) is 0 Å². The lowest BCUT2D eigenvalue weighted by atomic mass is 10.2. The molecular weight excluding hydrogens is 354 g/mol. The highest BCUT2D eigenvalue weighted by molar-refractivity contribution is 9.10. The van der Waals surface area contributed by atoms with Gasteiger partial charge >= 0.3 is 0 Å². The van der Waals surface area contributed by atoms with Gasteiger partial charge in [-0.15, -0.1) is 0 Å². The van der Waals surface area contributed by atoms with E-state index in [1.807, 2.05) is 44.3 Å². The monoisotopic (exact) mass is 375 g/mol. The standard InChI is InChI=1S/C18H22BrN3O/c1-4-5-10-22(3)18(23)14-6-9-17(20-12-14)21-15-7-8-16(19)13(2)11-15/h6-9,11-12H,4-5,10H2,1-3H3,(H,20,21). The average Bonchev–Trinajstić information content (AvgIpc) is 2.56. The fraction of sp³-hybridized carbons (Fsp3) is 0.333. The Kier molecular flexibility index (Phi) is 6.16. The second kappa shape index (κ2) is 8.11. The molecule has 0 atom stereocenters. The SMILES string of the molecule is CCCCN(C)C(=O)c1ccc(Nc2ccc(Br)c(C)c2)nc1. The van der Waals surface area contributed by atoms with E-state index in [0.717, 1.165) is 40.9 Å². The van der Waals surface area contributed by atoms with Crippen LogP contribution in [-0.4, -0.2) is 29.4 Å². The summed E-state index contributed by atoms with van der Waals surface area (Å²) < 4.78 is 1.08. The van der Waals surface area contributed by atoms with E-state index in [4.69, 9.17) is 0 Å². The summed E-state index contributed by atoms with van der Waals surface area (Å²) in [4.78, 5) is 18.3. The number of carbonyl (C=O) groups excluding carboxylic acids is 1. The Balaban J connectivity index is 2.04. The highest BCUT2D eigenvalue weighted by atomic mass is 79.9. The zero-order chi connectivity index (χ0) is 16.8. The molecule has 0 aliphatic rings. The molecule has 1 heterocycles. The Morgan fingerprint density at radius 1 is 1.30 bits per heavy atom. The molecule has 1 aromatic heterocycles. The molecule has 0 aliphatic carbocycles.